The van der Waals surface area contributed by atoms with Gasteiger partial charge in [0.1, 0.15) is 0 Å². The number of hydrogen-bond donors (Lipinski definition) is 1. The zero-order chi connectivity index (χ0) is 13.4. The van der Waals surface area contributed by atoms with Crippen molar-refractivity contribution in [3.8, 4) is 0 Å². The Morgan fingerprint density at radius 2 is 1.94 bits per heavy atom. The number of aromatic nitrogens is 1. The molecule has 1 aromatic rings. The highest BCUT2D eigenvalue weighted by atomic mass is 32.1. The highest BCUT2D eigenvalue weighted by Gasteiger charge is 2.11. The Bertz CT molecular complexity index is 314. The lowest BCUT2D eigenvalue weighted by Crippen LogP contribution is -2.30. The molecule has 0 saturated carbocycles. The minimum absolute atomic E-state index is 0.608. The third-order valence-corrected chi connectivity index (χ3v) is 4.49. The summed E-state index contributed by atoms with van der Waals surface area (Å²) in [4.78, 5) is 6.02. The predicted octanol–water partition coefficient (Wildman–Crippen LogP) is 4.25. The van der Waals surface area contributed by atoms with Crippen LogP contribution in [-0.4, -0.2) is 17.6 Å². The zero-order valence-electron chi connectivity index (χ0n) is 12.4. The molecule has 0 amide bonds. The van der Waals surface area contributed by atoms with E-state index in [-0.39, 0.29) is 0 Å². The topological polar surface area (TPSA) is 24.9 Å². The lowest BCUT2D eigenvalue weighted by molar-refractivity contribution is 0.462. The van der Waals surface area contributed by atoms with Crippen molar-refractivity contribution in [2.45, 2.75) is 72.3 Å². The summed E-state index contributed by atoms with van der Waals surface area (Å²) in [5.41, 5.74) is 1.20. The number of nitrogens with one attached hydrogen (secondary N) is 1. The number of likely N-dealkylation sites (N-methyl/N-ethyl adjacent to an activating group) is 1. The van der Waals surface area contributed by atoms with E-state index in [1.165, 1.54) is 47.7 Å². The summed E-state index contributed by atoms with van der Waals surface area (Å²) < 4.78 is 0. The average molecular weight is 268 g/mol. The van der Waals surface area contributed by atoms with Crippen LogP contribution in [0.4, 0.5) is 0 Å². The lowest BCUT2D eigenvalue weighted by atomic mass is 10.0. The molecule has 2 nitrogen and oxygen atoms in total. The normalized spacial score (nSPS) is 12.9. The van der Waals surface area contributed by atoms with Crippen LogP contribution in [0.2, 0.25) is 0 Å². The Hall–Kier alpha value is -0.410. The minimum Gasteiger partial charge on any atom is -0.314 e. The van der Waals surface area contributed by atoms with Gasteiger partial charge >= 0.3 is 0 Å². The molecule has 0 aliphatic carbocycles. The number of rotatable bonds is 9. The van der Waals surface area contributed by atoms with Gasteiger partial charge in [-0.05, 0) is 26.8 Å². The summed E-state index contributed by atoms with van der Waals surface area (Å²) in [5, 5.41) is 4.90. The van der Waals surface area contributed by atoms with Crippen LogP contribution in [0.15, 0.2) is 0 Å². The van der Waals surface area contributed by atoms with Crippen LogP contribution in [0.5, 0.6) is 0 Å². The van der Waals surface area contributed by atoms with Crippen molar-refractivity contribution in [3.63, 3.8) is 0 Å². The molecule has 0 fully saturated rings. The van der Waals surface area contributed by atoms with E-state index in [2.05, 4.69) is 38.0 Å². The van der Waals surface area contributed by atoms with E-state index in [9.17, 15) is 0 Å². The minimum atomic E-state index is 0.608. The number of unbranched alkanes of at least 4 members (excludes halogenated alkanes) is 3. The van der Waals surface area contributed by atoms with Crippen molar-refractivity contribution in [1.29, 1.82) is 0 Å². The van der Waals surface area contributed by atoms with E-state index in [0.717, 1.165) is 13.0 Å². The molecule has 104 valence electrons. The van der Waals surface area contributed by atoms with Gasteiger partial charge < -0.3 is 5.32 Å². The maximum atomic E-state index is 4.66. The van der Waals surface area contributed by atoms with Gasteiger partial charge in [-0.3, -0.25) is 0 Å². The van der Waals surface area contributed by atoms with E-state index in [0.29, 0.717) is 6.04 Å². The molecule has 1 heterocycles. The fourth-order valence-electron chi connectivity index (χ4n) is 2.22. The lowest BCUT2D eigenvalue weighted by Gasteiger charge is -2.16. The van der Waals surface area contributed by atoms with Crippen LogP contribution < -0.4 is 5.32 Å². The van der Waals surface area contributed by atoms with Crippen LogP contribution >= 0.6 is 11.3 Å². The Morgan fingerprint density at radius 3 is 2.50 bits per heavy atom. The Morgan fingerprint density at radius 1 is 1.17 bits per heavy atom. The van der Waals surface area contributed by atoms with Crippen molar-refractivity contribution in [3.05, 3.63) is 15.6 Å². The second-order valence-electron chi connectivity index (χ2n) is 5.06. The molecule has 1 rings (SSSR count). The molecule has 0 radical (unpaired) electrons. The standard InChI is InChI=1S/C15H28N2S/c1-5-7-8-9-10-14(16-6-2)11-15-17-12(3)13(4)18-15/h14,16H,5-11H2,1-4H3. The van der Waals surface area contributed by atoms with E-state index in [4.69, 9.17) is 0 Å². The van der Waals surface area contributed by atoms with Crippen molar-refractivity contribution < 1.29 is 0 Å². The highest BCUT2D eigenvalue weighted by molar-refractivity contribution is 7.11. The first-order chi connectivity index (χ1) is 8.67. The first kappa shape index (κ1) is 15.6. The van der Waals surface area contributed by atoms with Crippen molar-refractivity contribution in [1.82, 2.24) is 10.3 Å². The van der Waals surface area contributed by atoms with Crippen molar-refractivity contribution in [2.75, 3.05) is 6.54 Å². The smallest absolute Gasteiger partial charge is 0.0946 e. The first-order valence-corrected chi connectivity index (χ1v) is 8.15. The third kappa shape index (κ3) is 5.49. The van der Waals surface area contributed by atoms with E-state index in [1.807, 2.05) is 11.3 Å². The van der Waals surface area contributed by atoms with Crippen LogP contribution in [0, 0.1) is 13.8 Å². The van der Waals surface area contributed by atoms with Gasteiger partial charge in [-0.25, -0.2) is 4.98 Å². The molecular formula is C15H28N2S. The second-order valence-corrected chi connectivity index (χ2v) is 6.35. The van der Waals surface area contributed by atoms with Crippen LogP contribution in [0.3, 0.4) is 0 Å². The number of hydrogen-bond acceptors (Lipinski definition) is 3. The first-order valence-electron chi connectivity index (χ1n) is 7.33. The van der Waals surface area contributed by atoms with E-state index in [1.54, 1.807) is 0 Å². The quantitative estimate of drug-likeness (QED) is 0.677. The second kappa shape index (κ2) is 8.65. The number of aryl methyl sites for hydroxylation is 2. The Labute approximate surface area is 116 Å². The van der Waals surface area contributed by atoms with Gasteiger partial charge in [0.2, 0.25) is 0 Å². The highest BCUT2D eigenvalue weighted by Crippen LogP contribution is 2.19. The van der Waals surface area contributed by atoms with Gasteiger partial charge in [-0.1, -0.05) is 39.5 Å². The molecule has 1 atom stereocenters. The Kier molecular flexibility index (Phi) is 7.52. The summed E-state index contributed by atoms with van der Waals surface area (Å²) in [5.74, 6) is 0. The monoisotopic (exact) mass is 268 g/mol. The fourth-order valence-corrected chi connectivity index (χ4v) is 3.23. The molecule has 1 unspecified atom stereocenters. The summed E-state index contributed by atoms with van der Waals surface area (Å²) in [6, 6.07) is 0.608. The van der Waals surface area contributed by atoms with Gasteiger partial charge in [-0.15, -0.1) is 11.3 Å². The van der Waals surface area contributed by atoms with Crippen LogP contribution in [-0.2, 0) is 6.42 Å². The predicted molar refractivity (Wildman–Crippen MR) is 81.5 cm³/mol. The molecule has 0 aliphatic heterocycles. The molecule has 0 saturated heterocycles. The third-order valence-electron chi connectivity index (χ3n) is 3.39. The summed E-state index contributed by atoms with van der Waals surface area (Å²) in [6.07, 6.45) is 7.78. The molecule has 18 heavy (non-hydrogen) atoms. The summed E-state index contributed by atoms with van der Waals surface area (Å²) in [7, 11) is 0. The SMILES string of the molecule is CCCCCCC(Cc1nc(C)c(C)s1)NCC. The number of nitrogens with zero attached hydrogens (tertiary/aromatic N) is 1. The molecule has 1 N–H and O–H groups in total. The van der Waals surface area contributed by atoms with E-state index >= 15 is 0 Å². The van der Waals surface area contributed by atoms with Crippen LogP contribution in [0.1, 0.15) is 61.5 Å². The Balaban J connectivity index is 2.41. The van der Waals surface area contributed by atoms with Crippen molar-refractivity contribution in [2.24, 2.45) is 0 Å². The zero-order valence-corrected chi connectivity index (χ0v) is 13.2. The molecule has 0 aromatic carbocycles. The maximum Gasteiger partial charge on any atom is 0.0946 e. The van der Waals surface area contributed by atoms with Crippen molar-refractivity contribution >= 4 is 11.3 Å². The fraction of sp³-hybridized carbons (Fsp3) is 0.800. The summed E-state index contributed by atoms with van der Waals surface area (Å²) in [6.45, 7) is 9.79. The largest absolute Gasteiger partial charge is 0.314 e. The molecular weight excluding hydrogens is 240 g/mol. The van der Waals surface area contributed by atoms with E-state index < -0.39 is 0 Å². The van der Waals surface area contributed by atoms with Gasteiger partial charge in [0.15, 0.2) is 0 Å². The average Bonchev–Trinajstić information content (AvgIpc) is 2.64. The van der Waals surface area contributed by atoms with Crippen LogP contribution in [0.25, 0.3) is 0 Å². The molecule has 0 spiro atoms. The molecule has 0 aliphatic rings. The molecule has 3 heteroatoms. The van der Waals surface area contributed by atoms with Gasteiger partial charge in [0, 0.05) is 17.3 Å². The summed E-state index contributed by atoms with van der Waals surface area (Å²) >= 11 is 1.86. The maximum absolute atomic E-state index is 4.66. The van der Waals surface area contributed by atoms with Gasteiger partial charge in [0.05, 0.1) is 10.7 Å². The molecule has 1 aromatic heterocycles. The van der Waals surface area contributed by atoms with Gasteiger partial charge in [-0.2, -0.15) is 0 Å². The molecule has 0 bridgehead atoms. The van der Waals surface area contributed by atoms with Gasteiger partial charge in [0.25, 0.3) is 0 Å². The number of thiazole rings is 1.